The molecule has 0 amide bonds. The van der Waals surface area contributed by atoms with Gasteiger partial charge in [-0.1, -0.05) is 29.3 Å². The first kappa shape index (κ1) is 28.1. The van der Waals surface area contributed by atoms with Crippen molar-refractivity contribution < 1.29 is 14.2 Å². The van der Waals surface area contributed by atoms with Gasteiger partial charge in [-0.25, -0.2) is 8.84 Å². The Bertz CT molecular complexity index is 1400. The fourth-order valence-corrected chi connectivity index (χ4v) is 5.87. The Morgan fingerprint density at radius 3 is 2.62 bits per heavy atom. The van der Waals surface area contributed by atoms with Gasteiger partial charge in [-0.2, -0.15) is 5.10 Å². The zero-order valence-corrected chi connectivity index (χ0v) is 24.6. The van der Waals surface area contributed by atoms with Crippen LogP contribution in [0.2, 0.25) is 10.0 Å². The number of benzene rings is 1. The highest BCUT2D eigenvalue weighted by Gasteiger charge is 2.19. The van der Waals surface area contributed by atoms with E-state index in [-0.39, 0.29) is 24.7 Å². The number of hydrogen-bond donors (Lipinski definition) is 2. The lowest BCUT2D eigenvalue weighted by atomic mass is 10.1. The van der Waals surface area contributed by atoms with Gasteiger partial charge < -0.3 is 15.2 Å². The molecule has 3 unspecified atom stereocenters. The lowest BCUT2D eigenvalue weighted by Crippen LogP contribution is -2.28. The van der Waals surface area contributed by atoms with Crippen LogP contribution in [0.4, 0.5) is 4.39 Å². The molecule has 3 aromatic heterocycles. The molecule has 7 nitrogen and oxygen atoms in total. The summed E-state index contributed by atoms with van der Waals surface area (Å²) in [6.07, 6.45) is 5.89. The molecule has 1 aromatic carbocycles. The van der Waals surface area contributed by atoms with Crippen molar-refractivity contribution in [3.63, 3.8) is 0 Å². The second kappa shape index (κ2) is 12.8. The summed E-state index contributed by atoms with van der Waals surface area (Å²) >= 11 is 14.8. The molecule has 0 aliphatic carbocycles. The number of aliphatic hydroxyl groups excluding tert-OH is 1. The Kier molecular flexibility index (Phi) is 9.72. The van der Waals surface area contributed by atoms with Gasteiger partial charge in [0.25, 0.3) is 0 Å². The SMILES string of the molecule is CC(CO)NCc1ccc(/C=C(\F)c2nn(PI)c3ccc(OC(C)c4c(Cl)cncc4Cl)cc23)cn1. The number of aliphatic hydroxyl groups is 1. The largest absolute Gasteiger partial charge is 0.486 e. The second-order valence-electron chi connectivity index (χ2n) is 8.34. The van der Waals surface area contributed by atoms with E-state index in [1.54, 1.807) is 22.8 Å². The van der Waals surface area contributed by atoms with Crippen LogP contribution >= 0.6 is 51.6 Å². The Labute approximate surface area is 238 Å². The van der Waals surface area contributed by atoms with E-state index in [0.717, 1.165) is 11.2 Å². The molecule has 3 heterocycles. The van der Waals surface area contributed by atoms with E-state index in [2.05, 4.69) is 42.4 Å². The molecule has 0 spiro atoms. The van der Waals surface area contributed by atoms with Crippen molar-refractivity contribution in [2.45, 2.75) is 32.5 Å². The standard InChI is InChI=1S/C25H24Cl2FIN5O2P/c1-14(13-35)31-10-17-4-3-16(9-32-17)7-22(28)25-19-8-18(5-6-23(19)34(33-25)37-29)36-15(2)24-20(26)11-30-12-21(24)27/h3-9,11-12,14-15,31,35,37H,10,13H2,1-2H3/b22-7-. The van der Waals surface area contributed by atoms with Crippen LogP contribution in [0.5, 0.6) is 5.75 Å². The predicted octanol–water partition coefficient (Wildman–Crippen LogP) is 7.00. The van der Waals surface area contributed by atoms with Crippen LogP contribution in [0.25, 0.3) is 22.8 Å². The molecule has 0 aliphatic rings. The summed E-state index contributed by atoms with van der Waals surface area (Å²) in [7, 11) is 0. The Hall–Kier alpha value is -1.88. The summed E-state index contributed by atoms with van der Waals surface area (Å²) in [5, 5.41) is 18.2. The first-order valence-corrected chi connectivity index (χ1v) is 16.1. The normalized spacial score (nSPS) is 14.0. The summed E-state index contributed by atoms with van der Waals surface area (Å²) in [4.78, 5) is 8.36. The molecule has 0 fully saturated rings. The predicted molar refractivity (Wildman–Crippen MR) is 157 cm³/mol. The minimum atomic E-state index is -0.481. The van der Waals surface area contributed by atoms with Crippen molar-refractivity contribution >= 4 is 74.4 Å². The molecule has 3 atom stereocenters. The van der Waals surface area contributed by atoms with Gasteiger partial charge in [-0.15, -0.1) is 0 Å². The van der Waals surface area contributed by atoms with Crippen LogP contribution in [0.15, 0.2) is 48.9 Å². The maximum absolute atomic E-state index is 15.5. The van der Waals surface area contributed by atoms with Crippen LogP contribution in [0.1, 0.15) is 42.5 Å². The van der Waals surface area contributed by atoms with Crippen molar-refractivity contribution in [3.05, 3.63) is 81.5 Å². The average Bonchev–Trinajstić information content (AvgIpc) is 3.26. The van der Waals surface area contributed by atoms with E-state index < -0.39 is 11.9 Å². The van der Waals surface area contributed by atoms with E-state index in [9.17, 15) is 0 Å². The highest BCUT2D eigenvalue weighted by Crippen LogP contribution is 2.37. The number of nitrogens with zero attached hydrogens (tertiary/aromatic N) is 4. The van der Waals surface area contributed by atoms with E-state index in [0.29, 0.717) is 38.9 Å². The number of rotatable bonds is 10. The molecule has 4 rings (SSSR count). The lowest BCUT2D eigenvalue weighted by molar-refractivity contribution is 0.227. The summed E-state index contributed by atoms with van der Waals surface area (Å²) in [5.74, 6) is 0.0513. The van der Waals surface area contributed by atoms with Crippen LogP contribution in [0.3, 0.4) is 0 Å². The minimum absolute atomic E-state index is 0.0312. The highest BCUT2D eigenvalue weighted by atomic mass is 127. The third-order valence-corrected chi connectivity index (χ3v) is 8.09. The molecule has 2 N–H and O–H groups in total. The zero-order chi connectivity index (χ0) is 26.5. The van der Waals surface area contributed by atoms with Gasteiger partial charge in [0, 0.05) is 42.1 Å². The summed E-state index contributed by atoms with van der Waals surface area (Å²) < 4.78 is 23.4. The van der Waals surface area contributed by atoms with Crippen LogP contribution < -0.4 is 10.1 Å². The van der Waals surface area contributed by atoms with E-state index in [4.69, 9.17) is 33.0 Å². The lowest BCUT2D eigenvalue weighted by Gasteiger charge is -2.17. The third-order valence-electron chi connectivity index (χ3n) is 5.61. The Morgan fingerprint density at radius 1 is 1.22 bits per heavy atom. The number of halogens is 4. The molecular formula is C25H24Cl2FIN5O2P. The smallest absolute Gasteiger partial charge is 0.151 e. The molecule has 0 saturated carbocycles. The molecule has 194 valence electrons. The Morgan fingerprint density at radius 2 is 1.97 bits per heavy atom. The van der Waals surface area contributed by atoms with E-state index >= 15 is 4.39 Å². The first-order chi connectivity index (χ1) is 17.8. The maximum Gasteiger partial charge on any atom is 0.151 e. The van der Waals surface area contributed by atoms with Gasteiger partial charge in [-0.05, 0) is 71.8 Å². The highest BCUT2D eigenvalue weighted by molar-refractivity contribution is 14.2. The monoisotopic (exact) mass is 673 g/mol. The van der Waals surface area contributed by atoms with E-state index in [1.165, 1.54) is 18.5 Å². The number of fused-ring (bicyclic) bond motifs is 1. The van der Waals surface area contributed by atoms with Crippen molar-refractivity contribution in [2.24, 2.45) is 0 Å². The van der Waals surface area contributed by atoms with Crippen molar-refractivity contribution in [2.75, 3.05) is 6.61 Å². The Balaban J connectivity index is 1.61. The summed E-state index contributed by atoms with van der Waals surface area (Å²) in [5.41, 5.74) is 3.05. The third kappa shape index (κ3) is 6.77. The zero-order valence-electron chi connectivity index (χ0n) is 19.9. The molecule has 4 aromatic rings. The molecule has 12 heteroatoms. The van der Waals surface area contributed by atoms with Gasteiger partial charge in [0.15, 0.2) is 5.83 Å². The number of ether oxygens (including phenoxy) is 1. The molecule has 0 aliphatic heterocycles. The number of nitrogens with one attached hydrogen (secondary N) is 1. The van der Waals surface area contributed by atoms with Crippen LogP contribution in [-0.2, 0) is 6.54 Å². The second-order valence-corrected chi connectivity index (χ2v) is 11.2. The number of pyridine rings is 2. The van der Waals surface area contributed by atoms with Gasteiger partial charge in [0.1, 0.15) is 17.5 Å². The minimum Gasteiger partial charge on any atom is -0.486 e. The van der Waals surface area contributed by atoms with Crippen molar-refractivity contribution in [3.8, 4) is 5.75 Å². The summed E-state index contributed by atoms with van der Waals surface area (Å²) in [6.45, 7) is 4.27. The molecule has 0 bridgehead atoms. The van der Waals surface area contributed by atoms with Gasteiger partial charge in [-0.3, -0.25) is 9.97 Å². The molecule has 37 heavy (non-hydrogen) atoms. The van der Waals surface area contributed by atoms with Gasteiger partial charge in [0.2, 0.25) is 0 Å². The topological polar surface area (TPSA) is 85.1 Å². The summed E-state index contributed by atoms with van der Waals surface area (Å²) in [6, 6.07) is 9.03. The maximum atomic E-state index is 15.5. The number of hydrogen-bond acceptors (Lipinski definition) is 6. The fraction of sp³-hybridized carbons (Fsp3) is 0.240. The molecular weight excluding hydrogens is 650 g/mol. The van der Waals surface area contributed by atoms with Gasteiger partial charge >= 0.3 is 0 Å². The van der Waals surface area contributed by atoms with Crippen molar-refractivity contribution in [1.82, 2.24) is 24.8 Å². The fourth-order valence-electron chi connectivity index (χ4n) is 3.67. The van der Waals surface area contributed by atoms with Crippen LogP contribution in [-0.4, -0.2) is 37.3 Å². The van der Waals surface area contributed by atoms with Gasteiger partial charge in [0.05, 0.1) is 34.2 Å². The molecule has 0 saturated heterocycles. The first-order valence-electron chi connectivity index (χ1n) is 11.3. The van der Waals surface area contributed by atoms with Crippen molar-refractivity contribution in [1.29, 1.82) is 0 Å². The quantitative estimate of drug-likeness (QED) is 0.139. The van der Waals surface area contributed by atoms with Crippen LogP contribution in [0, 0.1) is 0 Å². The average molecular weight is 674 g/mol. The molecule has 0 radical (unpaired) electrons. The number of aromatic nitrogens is 4. The van der Waals surface area contributed by atoms with E-state index in [1.807, 2.05) is 32.0 Å².